The van der Waals surface area contributed by atoms with E-state index in [9.17, 15) is 0 Å². The maximum atomic E-state index is 3.61. The second-order valence-corrected chi connectivity index (χ2v) is 6.54. The summed E-state index contributed by atoms with van der Waals surface area (Å²) < 4.78 is 2.31. The quantitative estimate of drug-likeness (QED) is 0.656. The van der Waals surface area contributed by atoms with Crippen LogP contribution in [0.25, 0.3) is 22.0 Å². The summed E-state index contributed by atoms with van der Waals surface area (Å²) in [7, 11) is 2.16. The van der Waals surface area contributed by atoms with Gasteiger partial charge in [-0.1, -0.05) is 6.07 Å². The van der Waals surface area contributed by atoms with Crippen LogP contribution < -0.4 is 4.57 Å². The number of aromatic nitrogens is 2. The van der Waals surface area contributed by atoms with Crippen molar-refractivity contribution in [2.75, 3.05) is 0 Å². The number of hydrogen-bond acceptors (Lipinski definition) is 2. The van der Waals surface area contributed by atoms with Crippen molar-refractivity contribution < 1.29 is 4.57 Å². The van der Waals surface area contributed by atoms with Crippen LogP contribution in [-0.2, 0) is 19.9 Å². The zero-order valence-corrected chi connectivity index (χ0v) is 11.7. The SMILES string of the molecule is C[n+]1c(-c2cccs2)[nH]c2c1-c1ccsc1CC2. The van der Waals surface area contributed by atoms with Gasteiger partial charge in [-0.15, -0.1) is 22.7 Å². The van der Waals surface area contributed by atoms with E-state index in [1.165, 1.54) is 39.0 Å². The van der Waals surface area contributed by atoms with Gasteiger partial charge in [0.15, 0.2) is 5.69 Å². The van der Waals surface area contributed by atoms with E-state index in [-0.39, 0.29) is 0 Å². The van der Waals surface area contributed by atoms with Crippen molar-refractivity contribution in [1.82, 2.24) is 4.98 Å². The molecule has 1 aliphatic carbocycles. The third-order valence-corrected chi connectivity index (χ3v) is 5.44. The van der Waals surface area contributed by atoms with Crippen LogP contribution in [-0.4, -0.2) is 4.98 Å². The lowest BCUT2D eigenvalue weighted by Crippen LogP contribution is -2.31. The molecule has 4 rings (SSSR count). The molecule has 0 fully saturated rings. The minimum absolute atomic E-state index is 1.13. The highest BCUT2D eigenvalue weighted by Crippen LogP contribution is 2.35. The molecule has 0 aromatic carbocycles. The largest absolute Gasteiger partial charge is 0.297 e. The van der Waals surface area contributed by atoms with Crippen molar-refractivity contribution in [1.29, 1.82) is 0 Å². The molecular formula is C14H13N2S2+. The van der Waals surface area contributed by atoms with Gasteiger partial charge in [-0.05, 0) is 29.3 Å². The van der Waals surface area contributed by atoms with Crippen molar-refractivity contribution in [2.24, 2.45) is 7.05 Å². The van der Waals surface area contributed by atoms with Crippen LogP contribution in [0, 0.1) is 0 Å². The van der Waals surface area contributed by atoms with E-state index in [1.54, 1.807) is 11.3 Å². The fourth-order valence-electron chi connectivity index (χ4n) is 2.75. The van der Waals surface area contributed by atoms with Gasteiger partial charge in [0.2, 0.25) is 0 Å². The van der Waals surface area contributed by atoms with Crippen LogP contribution in [0.2, 0.25) is 0 Å². The van der Waals surface area contributed by atoms with E-state index in [0.29, 0.717) is 0 Å². The van der Waals surface area contributed by atoms with E-state index >= 15 is 0 Å². The molecule has 4 heteroatoms. The smallest absolute Gasteiger partial charge is 0.239 e. The first-order valence-electron chi connectivity index (χ1n) is 6.06. The minimum Gasteiger partial charge on any atom is -0.239 e. The van der Waals surface area contributed by atoms with Crippen LogP contribution in [0.15, 0.2) is 29.0 Å². The highest BCUT2D eigenvalue weighted by Gasteiger charge is 2.30. The summed E-state index contributed by atoms with van der Waals surface area (Å²) in [5, 5.41) is 4.34. The molecule has 1 N–H and O–H groups in total. The Labute approximate surface area is 114 Å². The Bertz CT molecular complexity index is 704. The number of H-pyrrole nitrogens is 1. The zero-order valence-electron chi connectivity index (χ0n) is 10.1. The van der Waals surface area contributed by atoms with Crippen LogP contribution in [0.4, 0.5) is 0 Å². The van der Waals surface area contributed by atoms with E-state index in [0.717, 1.165) is 6.42 Å². The molecule has 0 saturated heterocycles. The van der Waals surface area contributed by atoms with E-state index < -0.39 is 0 Å². The fraction of sp³-hybridized carbons (Fsp3) is 0.214. The van der Waals surface area contributed by atoms with Gasteiger partial charge in [-0.3, -0.25) is 0 Å². The summed E-state index contributed by atoms with van der Waals surface area (Å²) in [4.78, 5) is 6.44. The molecule has 0 aliphatic heterocycles. The normalized spacial score (nSPS) is 13.4. The van der Waals surface area contributed by atoms with Gasteiger partial charge in [0.05, 0.1) is 7.05 Å². The third-order valence-electron chi connectivity index (χ3n) is 3.58. The number of aromatic amines is 1. The fourth-order valence-corrected chi connectivity index (χ4v) is 4.39. The molecule has 0 bridgehead atoms. The number of fused-ring (bicyclic) bond motifs is 3. The summed E-state index contributed by atoms with van der Waals surface area (Å²) in [5.41, 5.74) is 4.18. The maximum Gasteiger partial charge on any atom is 0.297 e. The van der Waals surface area contributed by atoms with E-state index in [4.69, 9.17) is 0 Å². The molecule has 0 amide bonds. The molecule has 0 spiro atoms. The molecule has 0 unspecified atom stereocenters. The highest BCUT2D eigenvalue weighted by atomic mass is 32.1. The lowest BCUT2D eigenvalue weighted by molar-refractivity contribution is -0.648. The number of nitrogens with zero attached hydrogens (tertiary/aromatic N) is 1. The van der Waals surface area contributed by atoms with Crippen molar-refractivity contribution in [3.63, 3.8) is 0 Å². The Hall–Kier alpha value is -1.39. The first kappa shape index (κ1) is 10.5. The summed E-state index contributed by atoms with van der Waals surface area (Å²) in [6.45, 7) is 0. The number of nitrogens with one attached hydrogen (secondary N) is 1. The van der Waals surface area contributed by atoms with Gasteiger partial charge in [-0.25, -0.2) is 9.55 Å². The number of thiophene rings is 2. The topological polar surface area (TPSA) is 19.7 Å². The number of rotatable bonds is 1. The van der Waals surface area contributed by atoms with Crippen LogP contribution in [0.5, 0.6) is 0 Å². The number of hydrogen-bond donors (Lipinski definition) is 1. The molecule has 2 nitrogen and oxygen atoms in total. The van der Waals surface area contributed by atoms with Crippen molar-refractivity contribution in [2.45, 2.75) is 12.8 Å². The molecule has 0 atom stereocenters. The molecule has 90 valence electrons. The predicted molar refractivity (Wildman–Crippen MR) is 76.0 cm³/mol. The predicted octanol–water partition coefficient (Wildman–Crippen LogP) is 3.39. The van der Waals surface area contributed by atoms with Crippen LogP contribution >= 0.6 is 22.7 Å². The average Bonchev–Trinajstić information content (AvgIpc) is 3.06. The average molecular weight is 273 g/mol. The minimum atomic E-state index is 1.13. The lowest BCUT2D eigenvalue weighted by Gasteiger charge is -2.07. The van der Waals surface area contributed by atoms with Gasteiger partial charge in [0.1, 0.15) is 10.6 Å². The van der Waals surface area contributed by atoms with E-state index in [1.807, 2.05) is 11.3 Å². The molecule has 1 aliphatic rings. The Kier molecular flexibility index (Phi) is 2.22. The molecule has 0 saturated carbocycles. The van der Waals surface area contributed by atoms with Crippen LogP contribution in [0.1, 0.15) is 10.6 Å². The number of imidazole rings is 1. The molecule has 0 radical (unpaired) electrons. The Morgan fingerprint density at radius 1 is 1.17 bits per heavy atom. The Morgan fingerprint density at radius 3 is 2.94 bits per heavy atom. The second kappa shape index (κ2) is 3.80. The summed E-state index contributed by atoms with van der Waals surface area (Å²) in [5.74, 6) is 1.23. The molecule has 3 heterocycles. The summed E-state index contributed by atoms with van der Waals surface area (Å²) >= 11 is 3.67. The Balaban J connectivity index is 1.98. The van der Waals surface area contributed by atoms with E-state index in [2.05, 4.69) is 45.6 Å². The molecular weight excluding hydrogens is 260 g/mol. The van der Waals surface area contributed by atoms with Gasteiger partial charge >= 0.3 is 0 Å². The standard InChI is InChI=1S/C14H12N2S2/c1-16-13-9-6-8-18-11(9)5-4-10(13)15-14(16)12-3-2-7-17-12/h2-3,6-8H,4-5H2,1H3/p+1. The first-order chi connectivity index (χ1) is 8.84. The highest BCUT2D eigenvalue weighted by molar-refractivity contribution is 7.13. The lowest BCUT2D eigenvalue weighted by atomic mass is 10.00. The summed E-state index contributed by atoms with van der Waals surface area (Å²) in [6.07, 6.45) is 2.30. The van der Waals surface area contributed by atoms with Gasteiger partial charge in [0.25, 0.3) is 5.82 Å². The van der Waals surface area contributed by atoms with Crippen molar-refractivity contribution >= 4 is 22.7 Å². The van der Waals surface area contributed by atoms with Crippen molar-refractivity contribution in [3.8, 4) is 22.0 Å². The monoisotopic (exact) mass is 273 g/mol. The van der Waals surface area contributed by atoms with Crippen molar-refractivity contribution in [3.05, 3.63) is 39.5 Å². The van der Waals surface area contributed by atoms with Gasteiger partial charge < -0.3 is 0 Å². The summed E-state index contributed by atoms with van der Waals surface area (Å²) in [6, 6.07) is 6.54. The van der Waals surface area contributed by atoms with Gasteiger partial charge in [0, 0.05) is 16.9 Å². The molecule has 3 aromatic rings. The second-order valence-electron chi connectivity index (χ2n) is 4.59. The van der Waals surface area contributed by atoms with Crippen LogP contribution in [0.3, 0.4) is 0 Å². The Morgan fingerprint density at radius 2 is 2.11 bits per heavy atom. The first-order valence-corrected chi connectivity index (χ1v) is 7.82. The zero-order chi connectivity index (χ0) is 12.1. The van der Waals surface area contributed by atoms with Gasteiger partial charge in [-0.2, -0.15) is 0 Å². The number of aryl methyl sites for hydroxylation is 2. The molecule has 18 heavy (non-hydrogen) atoms. The third kappa shape index (κ3) is 1.36. The molecule has 3 aromatic heterocycles. The maximum absolute atomic E-state index is 3.61.